The Morgan fingerprint density at radius 3 is 2.71 bits per heavy atom. The zero-order valence-electron chi connectivity index (χ0n) is 18.9. The van der Waals surface area contributed by atoms with Crippen LogP contribution in [0.1, 0.15) is 25.7 Å². The van der Waals surface area contributed by atoms with Crippen LogP contribution in [-0.4, -0.2) is 91.8 Å². The summed E-state index contributed by atoms with van der Waals surface area (Å²) in [6.45, 7) is 4.20. The maximum Gasteiger partial charge on any atom is 0.259 e. The first-order chi connectivity index (χ1) is 16.5. The van der Waals surface area contributed by atoms with E-state index in [0.717, 1.165) is 45.3 Å². The average molecular weight is 470 g/mol. The molecular formula is C22H28FN9O2. The molecule has 0 spiro atoms. The second kappa shape index (κ2) is 8.49. The van der Waals surface area contributed by atoms with Crippen LogP contribution in [0, 0.1) is 5.92 Å². The number of fused-ring (bicyclic) bond motifs is 1. The van der Waals surface area contributed by atoms with Crippen molar-refractivity contribution in [3.05, 3.63) is 18.4 Å². The van der Waals surface area contributed by atoms with Crippen LogP contribution in [0.5, 0.6) is 0 Å². The number of alkyl halides is 1. The number of likely N-dealkylation sites (tertiary alicyclic amines) is 2. The minimum atomic E-state index is -0.667. The number of nitrogens with two attached hydrogens (primary N) is 1. The number of rotatable bonds is 5. The number of amides is 1. The Labute approximate surface area is 195 Å². The normalized spacial score (nSPS) is 22.6. The highest BCUT2D eigenvalue weighted by Gasteiger charge is 2.37. The highest BCUT2D eigenvalue weighted by atomic mass is 19.1. The van der Waals surface area contributed by atoms with E-state index >= 15 is 0 Å². The SMILES string of the molecule is Nc1nc(N2CCC[C@H]2C(=O)N2CCC(CN3CC(F)C3)CC2)nc2nc(-c3ccco3)nn12. The minimum absolute atomic E-state index is 0.114. The average Bonchev–Trinajstić information content (AvgIpc) is 3.58. The molecule has 3 aromatic rings. The fraction of sp³-hybridized carbons (Fsp3) is 0.591. The molecule has 3 aliphatic rings. The molecule has 3 aliphatic heterocycles. The highest BCUT2D eigenvalue weighted by molar-refractivity contribution is 5.85. The summed E-state index contributed by atoms with van der Waals surface area (Å²) in [6.07, 6.45) is 4.43. The number of nitrogens with zero attached hydrogens (tertiary/aromatic N) is 8. The molecule has 0 radical (unpaired) electrons. The predicted molar refractivity (Wildman–Crippen MR) is 122 cm³/mol. The molecule has 3 fully saturated rings. The molecule has 0 unspecified atom stereocenters. The Balaban J connectivity index is 1.15. The van der Waals surface area contributed by atoms with E-state index in [9.17, 15) is 9.18 Å². The monoisotopic (exact) mass is 469 g/mol. The van der Waals surface area contributed by atoms with Crippen molar-refractivity contribution in [1.29, 1.82) is 0 Å². The number of piperidine rings is 1. The van der Waals surface area contributed by atoms with Gasteiger partial charge in [-0.05, 0) is 43.7 Å². The van der Waals surface area contributed by atoms with Crippen molar-refractivity contribution >= 4 is 23.6 Å². The van der Waals surface area contributed by atoms with E-state index in [2.05, 4.69) is 25.0 Å². The summed E-state index contributed by atoms with van der Waals surface area (Å²) in [7, 11) is 0. The fourth-order valence-electron chi connectivity index (χ4n) is 5.26. The van der Waals surface area contributed by atoms with Gasteiger partial charge in [0.05, 0.1) is 6.26 Å². The number of hydrogen-bond acceptors (Lipinski definition) is 9. The Morgan fingerprint density at radius 1 is 1.15 bits per heavy atom. The molecule has 2 N–H and O–H groups in total. The van der Waals surface area contributed by atoms with Crippen LogP contribution in [0.4, 0.5) is 16.3 Å². The van der Waals surface area contributed by atoms with Crippen molar-refractivity contribution in [3.63, 3.8) is 0 Å². The lowest BCUT2D eigenvalue weighted by Crippen LogP contribution is -2.53. The van der Waals surface area contributed by atoms with E-state index in [1.807, 2.05) is 9.80 Å². The molecule has 1 amide bonds. The number of hydrogen-bond donors (Lipinski definition) is 1. The van der Waals surface area contributed by atoms with E-state index in [1.165, 1.54) is 4.52 Å². The van der Waals surface area contributed by atoms with Gasteiger partial charge in [0.15, 0.2) is 5.76 Å². The quantitative estimate of drug-likeness (QED) is 0.588. The zero-order valence-corrected chi connectivity index (χ0v) is 18.9. The number of halogens is 1. The summed E-state index contributed by atoms with van der Waals surface area (Å²) in [5, 5.41) is 4.34. The van der Waals surface area contributed by atoms with Crippen LogP contribution >= 0.6 is 0 Å². The molecular weight excluding hydrogens is 441 g/mol. The van der Waals surface area contributed by atoms with E-state index in [4.69, 9.17) is 10.2 Å². The van der Waals surface area contributed by atoms with Gasteiger partial charge in [-0.1, -0.05) is 0 Å². The summed E-state index contributed by atoms with van der Waals surface area (Å²) in [5.74, 6) is 2.40. The van der Waals surface area contributed by atoms with Crippen LogP contribution in [0.25, 0.3) is 17.4 Å². The molecule has 0 bridgehead atoms. The number of carbonyl (C=O) groups excluding carboxylic acids is 1. The molecule has 0 aliphatic carbocycles. The number of furan rings is 1. The molecule has 3 saturated heterocycles. The van der Waals surface area contributed by atoms with Gasteiger partial charge in [0.1, 0.15) is 12.2 Å². The van der Waals surface area contributed by atoms with Gasteiger partial charge in [-0.25, -0.2) is 4.39 Å². The van der Waals surface area contributed by atoms with Crippen molar-refractivity contribution in [1.82, 2.24) is 34.4 Å². The fourth-order valence-corrected chi connectivity index (χ4v) is 5.26. The third kappa shape index (κ3) is 3.85. The Morgan fingerprint density at radius 2 is 1.97 bits per heavy atom. The third-order valence-electron chi connectivity index (χ3n) is 7.11. The Bertz CT molecular complexity index is 1170. The minimum Gasteiger partial charge on any atom is -0.461 e. The Hall–Kier alpha value is -3.28. The van der Waals surface area contributed by atoms with Crippen LogP contribution in [0.15, 0.2) is 22.8 Å². The summed E-state index contributed by atoms with van der Waals surface area (Å²) in [6, 6.07) is 3.21. The number of anilines is 2. The first kappa shape index (κ1) is 21.3. The molecule has 6 heterocycles. The predicted octanol–water partition coefficient (Wildman–Crippen LogP) is 1.22. The largest absolute Gasteiger partial charge is 0.461 e. The standard InChI is InChI=1S/C22H28FN9O2/c23-15-12-29(13-15)11-14-5-8-30(9-6-14)19(33)16-3-1-7-31(16)21-26-20(24)32-22(27-21)25-18(28-32)17-4-2-10-34-17/h2,4,10,14-16H,1,3,5-9,11-13H2,(H2,24,25,26,27,28)/t16-/m0/s1. The number of nitrogen functional groups attached to an aromatic ring is 1. The second-order valence-electron chi connectivity index (χ2n) is 9.44. The molecule has 11 nitrogen and oxygen atoms in total. The maximum absolute atomic E-state index is 13.4. The van der Waals surface area contributed by atoms with Crippen molar-refractivity contribution < 1.29 is 13.6 Å². The smallest absolute Gasteiger partial charge is 0.259 e. The first-order valence-electron chi connectivity index (χ1n) is 11.9. The summed E-state index contributed by atoms with van der Waals surface area (Å²) in [5.41, 5.74) is 6.16. The van der Waals surface area contributed by atoms with E-state index in [1.54, 1.807) is 18.4 Å². The molecule has 0 aromatic carbocycles. The van der Waals surface area contributed by atoms with Gasteiger partial charge in [0.2, 0.25) is 23.6 Å². The molecule has 1 atom stereocenters. The van der Waals surface area contributed by atoms with E-state index in [-0.39, 0.29) is 17.9 Å². The van der Waals surface area contributed by atoms with Crippen molar-refractivity contribution in [2.24, 2.45) is 5.92 Å². The molecule has 12 heteroatoms. The lowest BCUT2D eigenvalue weighted by molar-refractivity contribution is -0.134. The second-order valence-corrected chi connectivity index (χ2v) is 9.44. The molecule has 6 rings (SSSR count). The van der Waals surface area contributed by atoms with E-state index < -0.39 is 6.17 Å². The van der Waals surface area contributed by atoms with Gasteiger partial charge in [-0.15, -0.1) is 5.10 Å². The summed E-state index contributed by atoms with van der Waals surface area (Å²) in [4.78, 5) is 32.9. The van der Waals surface area contributed by atoms with E-state index in [0.29, 0.717) is 48.9 Å². The van der Waals surface area contributed by atoms with Crippen LogP contribution in [-0.2, 0) is 4.79 Å². The summed E-state index contributed by atoms with van der Waals surface area (Å²) >= 11 is 0. The topological polar surface area (TPSA) is 122 Å². The van der Waals surface area contributed by atoms with Gasteiger partial charge < -0.3 is 20.0 Å². The van der Waals surface area contributed by atoms with Gasteiger partial charge in [0, 0.05) is 39.3 Å². The van der Waals surface area contributed by atoms with Gasteiger partial charge in [-0.3, -0.25) is 9.69 Å². The molecule has 0 saturated carbocycles. The molecule has 34 heavy (non-hydrogen) atoms. The maximum atomic E-state index is 13.4. The molecule has 180 valence electrons. The van der Waals surface area contributed by atoms with Crippen LogP contribution in [0.2, 0.25) is 0 Å². The lowest BCUT2D eigenvalue weighted by Gasteiger charge is -2.40. The van der Waals surface area contributed by atoms with Gasteiger partial charge >= 0.3 is 0 Å². The Kier molecular flexibility index (Phi) is 5.31. The van der Waals surface area contributed by atoms with Crippen molar-refractivity contribution in [3.8, 4) is 11.6 Å². The summed E-state index contributed by atoms with van der Waals surface area (Å²) < 4.78 is 19.8. The lowest BCUT2D eigenvalue weighted by atomic mass is 9.94. The highest BCUT2D eigenvalue weighted by Crippen LogP contribution is 2.28. The van der Waals surface area contributed by atoms with Gasteiger partial charge in [0.25, 0.3) is 5.78 Å². The third-order valence-corrected chi connectivity index (χ3v) is 7.11. The van der Waals surface area contributed by atoms with Crippen molar-refractivity contribution in [2.45, 2.75) is 37.9 Å². The van der Waals surface area contributed by atoms with Crippen LogP contribution < -0.4 is 10.6 Å². The van der Waals surface area contributed by atoms with Crippen LogP contribution in [0.3, 0.4) is 0 Å². The first-order valence-corrected chi connectivity index (χ1v) is 11.9. The number of carbonyl (C=O) groups is 1. The number of aromatic nitrogens is 5. The van der Waals surface area contributed by atoms with Gasteiger partial charge in [-0.2, -0.15) is 19.5 Å². The zero-order chi connectivity index (χ0) is 23.2. The molecule has 3 aromatic heterocycles. The van der Waals surface area contributed by atoms with Crippen molar-refractivity contribution in [2.75, 3.05) is 49.9 Å².